The number of hydrogen-bond acceptors (Lipinski definition) is 4. The van der Waals surface area contributed by atoms with E-state index in [9.17, 15) is 4.79 Å². The van der Waals surface area contributed by atoms with Gasteiger partial charge in [-0.05, 0) is 36.0 Å². The molecule has 0 aliphatic rings. The third-order valence-electron chi connectivity index (χ3n) is 4.89. The lowest BCUT2D eigenvalue weighted by Gasteiger charge is -2.19. The molecule has 3 aromatic rings. The largest absolute Gasteiger partial charge is 0.462 e. The van der Waals surface area contributed by atoms with Gasteiger partial charge >= 0.3 is 6.01 Å². The van der Waals surface area contributed by atoms with Crippen LogP contribution in [0.25, 0.3) is 11.4 Å². The van der Waals surface area contributed by atoms with E-state index in [2.05, 4.69) is 49.9 Å². The number of carbonyl (C=O) groups excluding carboxylic acids is 1. The SMILES string of the molecule is CCCCOc1nc(-c2ccc(C(C)(C)C)cc2)n(C(=O)c2ccccc2C)n1. The molecule has 5 nitrogen and oxygen atoms in total. The predicted octanol–water partition coefficient (Wildman–Crippen LogP) is 5.42. The Morgan fingerprint density at radius 2 is 1.76 bits per heavy atom. The van der Waals surface area contributed by atoms with Crippen molar-refractivity contribution in [3.63, 3.8) is 0 Å². The van der Waals surface area contributed by atoms with E-state index in [0.717, 1.165) is 24.0 Å². The van der Waals surface area contributed by atoms with Crippen molar-refractivity contribution in [2.75, 3.05) is 6.61 Å². The van der Waals surface area contributed by atoms with Crippen molar-refractivity contribution < 1.29 is 9.53 Å². The predicted molar refractivity (Wildman–Crippen MR) is 115 cm³/mol. The van der Waals surface area contributed by atoms with Crippen molar-refractivity contribution in [2.24, 2.45) is 0 Å². The van der Waals surface area contributed by atoms with Crippen molar-refractivity contribution in [3.05, 3.63) is 65.2 Å². The topological polar surface area (TPSA) is 57.0 Å². The van der Waals surface area contributed by atoms with Crippen LogP contribution in [0.15, 0.2) is 48.5 Å². The molecule has 0 aliphatic carbocycles. The van der Waals surface area contributed by atoms with Gasteiger partial charge in [0.25, 0.3) is 5.91 Å². The van der Waals surface area contributed by atoms with Gasteiger partial charge in [-0.25, -0.2) is 0 Å². The average Bonchev–Trinajstić information content (AvgIpc) is 3.12. The maximum Gasteiger partial charge on any atom is 0.336 e. The molecule has 0 spiro atoms. The summed E-state index contributed by atoms with van der Waals surface area (Å²) in [6.07, 6.45) is 1.93. The summed E-state index contributed by atoms with van der Waals surface area (Å²) in [5.41, 5.74) is 3.60. The van der Waals surface area contributed by atoms with Crippen LogP contribution in [0, 0.1) is 6.92 Å². The summed E-state index contributed by atoms with van der Waals surface area (Å²) in [6, 6.07) is 15.9. The third kappa shape index (κ3) is 4.73. The van der Waals surface area contributed by atoms with Crippen LogP contribution in [0.5, 0.6) is 6.01 Å². The van der Waals surface area contributed by atoms with Gasteiger partial charge in [0.15, 0.2) is 5.82 Å². The number of benzene rings is 2. The van der Waals surface area contributed by atoms with Gasteiger partial charge in [0.2, 0.25) is 0 Å². The number of unbranched alkanes of at least 4 members (excludes halogenated alkanes) is 1. The highest BCUT2D eigenvalue weighted by molar-refractivity contribution is 5.98. The molecule has 0 fully saturated rings. The van der Waals surface area contributed by atoms with Gasteiger partial charge in [0, 0.05) is 11.1 Å². The minimum absolute atomic E-state index is 0.0532. The number of aromatic nitrogens is 3. The molecule has 0 saturated heterocycles. The molecule has 0 saturated carbocycles. The molecule has 29 heavy (non-hydrogen) atoms. The van der Waals surface area contributed by atoms with Crippen molar-refractivity contribution in [3.8, 4) is 17.4 Å². The minimum atomic E-state index is -0.212. The van der Waals surface area contributed by atoms with Gasteiger partial charge in [-0.2, -0.15) is 9.67 Å². The highest BCUT2D eigenvalue weighted by Gasteiger charge is 2.22. The first kappa shape index (κ1) is 20.8. The molecular formula is C24H29N3O2. The second kappa shape index (κ2) is 8.60. The summed E-state index contributed by atoms with van der Waals surface area (Å²) < 4.78 is 7.05. The maximum absolute atomic E-state index is 13.2. The summed E-state index contributed by atoms with van der Waals surface area (Å²) in [5.74, 6) is 0.279. The molecule has 0 atom stereocenters. The molecule has 3 rings (SSSR count). The van der Waals surface area contributed by atoms with Crippen LogP contribution in [0.4, 0.5) is 0 Å². The average molecular weight is 392 g/mol. The second-order valence-corrected chi connectivity index (χ2v) is 8.28. The Hall–Kier alpha value is -2.95. The van der Waals surface area contributed by atoms with Crippen LogP contribution < -0.4 is 4.74 Å². The summed E-state index contributed by atoms with van der Waals surface area (Å²) >= 11 is 0. The van der Waals surface area contributed by atoms with Gasteiger partial charge in [-0.3, -0.25) is 4.79 Å². The van der Waals surface area contributed by atoms with Crippen LogP contribution in [0.2, 0.25) is 0 Å². The van der Waals surface area contributed by atoms with Crippen molar-refractivity contribution in [1.29, 1.82) is 0 Å². The normalized spacial score (nSPS) is 11.5. The van der Waals surface area contributed by atoms with E-state index in [1.165, 1.54) is 10.2 Å². The summed E-state index contributed by atoms with van der Waals surface area (Å²) in [4.78, 5) is 17.8. The zero-order valence-electron chi connectivity index (χ0n) is 17.9. The van der Waals surface area contributed by atoms with Crippen LogP contribution in [0.1, 0.15) is 62.0 Å². The molecule has 152 valence electrons. The highest BCUT2D eigenvalue weighted by atomic mass is 16.5. The zero-order valence-corrected chi connectivity index (χ0v) is 17.9. The first-order valence-corrected chi connectivity index (χ1v) is 10.1. The second-order valence-electron chi connectivity index (χ2n) is 8.28. The van der Waals surface area contributed by atoms with Gasteiger partial charge < -0.3 is 4.74 Å². The Morgan fingerprint density at radius 1 is 1.07 bits per heavy atom. The molecule has 1 aromatic heterocycles. The number of nitrogens with zero attached hydrogens (tertiary/aromatic N) is 3. The Kier molecular flexibility index (Phi) is 6.16. The van der Waals surface area contributed by atoms with Crippen LogP contribution in [-0.2, 0) is 5.41 Å². The molecule has 0 unspecified atom stereocenters. The first-order chi connectivity index (χ1) is 13.8. The number of rotatable bonds is 6. The smallest absolute Gasteiger partial charge is 0.336 e. The Morgan fingerprint density at radius 3 is 2.38 bits per heavy atom. The molecule has 0 radical (unpaired) electrons. The van der Waals surface area contributed by atoms with Gasteiger partial charge in [-0.1, -0.05) is 76.6 Å². The van der Waals surface area contributed by atoms with Gasteiger partial charge in [0.1, 0.15) is 0 Å². The Balaban J connectivity index is 2.02. The fourth-order valence-electron chi connectivity index (χ4n) is 3.04. The maximum atomic E-state index is 13.2. The molecule has 0 aliphatic heterocycles. The van der Waals surface area contributed by atoms with Crippen LogP contribution in [0.3, 0.4) is 0 Å². The van der Waals surface area contributed by atoms with E-state index >= 15 is 0 Å². The van der Waals surface area contributed by atoms with Crippen molar-refractivity contribution >= 4 is 5.91 Å². The molecule has 1 heterocycles. The molecule has 5 heteroatoms. The van der Waals surface area contributed by atoms with Crippen LogP contribution >= 0.6 is 0 Å². The molecule has 0 N–H and O–H groups in total. The van der Waals surface area contributed by atoms with E-state index in [-0.39, 0.29) is 17.3 Å². The van der Waals surface area contributed by atoms with Gasteiger partial charge in [-0.15, -0.1) is 5.10 Å². The van der Waals surface area contributed by atoms with Crippen molar-refractivity contribution in [1.82, 2.24) is 14.8 Å². The van der Waals surface area contributed by atoms with E-state index in [1.807, 2.05) is 43.3 Å². The number of hydrogen-bond donors (Lipinski definition) is 0. The lowest BCUT2D eigenvalue weighted by atomic mass is 9.87. The Labute approximate surface area is 172 Å². The zero-order chi connectivity index (χ0) is 21.0. The number of aryl methyl sites for hydroxylation is 1. The van der Waals surface area contributed by atoms with E-state index < -0.39 is 0 Å². The number of carbonyl (C=O) groups is 1. The van der Waals surface area contributed by atoms with Crippen LogP contribution in [-0.4, -0.2) is 27.3 Å². The third-order valence-corrected chi connectivity index (χ3v) is 4.89. The lowest BCUT2D eigenvalue weighted by Crippen LogP contribution is -2.16. The lowest BCUT2D eigenvalue weighted by molar-refractivity contribution is 0.0944. The van der Waals surface area contributed by atoms with E-state index in [1.54, 1.807) is 0 Å². The molecular weight excluding hydrogens is 362 g/mol. The number of ether oxygens (including phenoxy) is 1. The van der Waals surface area contributed by atoms with Gasteiger partial charge in [0.05, 0.1) is 6.61 Å². The van der Waals surface area contributed by atoms with E-state index in [0.29, 0.717) is 18.0 Å². The van der Waals surface area contributed by atoms with E-state index in [4.69, 9.17) is 4.74 Å². The quantitative estimate of drug-likeness (QED) is 0.527. The fourth-order valence-corrected chi connectivity index (χ4v) is 3.04. The minimum Gasteiger partial charge on any atom is -0.462 e. The summed E-state index contributed by atoms with van der Waals surface area (Å²) in [7, 11) is 0. The first-order valence-electron chi connectivity index (χ1n) is 10.1. The Bertz CT molecular complexity index is 982. The molecule has 2 aromatic carbocycles. The summed E-state index contributed by atoms with van der Waals surface area (Å²) in [5, 5.41) is 4.38. The van der Waals surface area contributed by atoms with Crippen molar-refractivity contribution in [2.45, 2.75) is 52.9 Å². The standard InChI is InChI=1S/C24H29N3O2/c1-6-7-16-29-23-25-21(18-12-14-19(15-13-18)24(3,4)5)27(26-23)22(28)20-11-9-8-10-17(20)2/h8-15H,6-7,16H2,1-5H3. The fraction of sp³-hybridized carbons (Fsp3) is 0.375. The molecule has 0 amide bonds. The molecule has 0 bridgehead atoms. The monoisotopic (exact) mass is 391 g/mol. The highest BCUT2D eigenvalue weighted by Crippen LogP contribution is 2.27. The summed E-state index contributed by atoms with van der Waals surface area (Å²) in [6.45, 7) is 11.1.